The number of nitrogens with zero attached hydrogens (tertiary/aromatic N) is 2. The number of hydrogen-bond donors (Lipinski definition) is 1. The van der Waals surface area contributed by atoms with Crippen molar-refractivity contribution in [3.8, 4) is 0 Å². The molecule has 0 radical (unpaired) electrons. The van der Waals surface area contributed by atoms with E-state index in [4.69, 9.17) is 4.74 Å². The first-order valence-corrected chi connectivity index (χ1v) is 6.18. The SMILES string of the molecule is CC(C)OCCN(C)CCNCCN(C)C. The Morgan fingerprint density at radius 3 is 2.19 bits per heavy atom. The number of ether oxygens (including phenoxy) is 1. The summed E-state index contributed by atoms with van der Waals surface area (Å²) < 4.78 is 5.50. The molecule has 4 heteroatoms. The van der Waals surface area contributed by atoms with Crippen molar-refractivity contribution in [3.05, 3.63) is 0 Å². The van der Waals surface area contributed by atoms with Gasteiger partial charge in [0.05, 0.1) is 12.7 Å². The van der Waals surface area contributed by atoms with E-state index in [-0.39, 0.29) is 0 Å². The molecule has 0 aromatic heterocycles. The van der Waals surface area contributed by atoms with Crippen molar-refractivity contribution in [2.24, 2.45) is 0 Å². The summed E-state index contributed by atoms with van der Waals surface area (Å²) in [6.45, 7) is 10.3. The zero-order chi connectivity index (χ0) is 12.4. The Hall–Kier alpha value is -0.160. The van der Waals surface area contributed by atoms with Gasteiger partial charge < -0.3 is 19.9 Å². The monoisotopic (exact) mass is 231 g/mol. The lowest BCUT2D eigenvalue weighted by Crippen LogP contribution is -2.34. The number of hydrogen-bond acceptors (Lipinski definition) is 4. The van der Waals surface area contributed by atoms with Crippen LogP contribution in [0.25, 0.3) is 0 Å². The summed E-state index contributed by atoms with van der Waals surface area (Å²) in [6.07, 6.45) is 0.339. The predicted octanol–water partition coefficient (Wildman–Crippen LogP) is 0.494. The van der Waals surface area contributed by atoms with Crippen molar-refractivity contribution in [2.45, 2.75) is 20.0 Å². The summed E-state index contributed by atoms with van der Waals surface area (Å²) in [7, 11) is 6.32. The minimum atomic E-state index is 0.339. The summed E-state index contributed by atoms with van der Waals surface area (Å²) in [5.74, 6) is 0. The Morgan fingerprint density at radius 2 is 1.62 bits per heavy atom. The third kappa shape index (κ3) is 11.9. The van der Waals surface area contributed by atoms with Gasteiger partial charge in [0, 0.05) is 32.7 Å². The van der Waals surface area contributed by atoms with E-state index in [1.54, 1.807) is 0 Å². The maximum atomic E-state index is 5.50. The highest BCUT2D eigenvalue weighted by molar-refractivity contribution is 4.56. The molecule has 0 bridgehead atoms. The summed E-state index contributed by atoms with van der Waals surface area (Å²) in [6, 6.07) is 0. The molecule has 0 aromatic rings. The lowest BCUT2D eigenvalue weighted by atomic mass is 10.4. The molecule has 0 fully saturated rings. The quantitative estimate of drug-likeness (QED) is 0.554. The van der Waals surface area contributed by atoms with Crippen LogP contribution in [0.15, 0.2) is 0 Å². The summed E-state index contributed by atoms with van der Waals surface area (Å²) in [5, 5.41) is 3.42. The molecule has 16 heavy (non-hydrogen) atoms. The molecule has 0 saturated heterocycles. The second kappa shape index (κ2) is 10.0. The molecular weight excluding hydrogens is 202 g/mol. The van der Waals surface area contributed by atoms with E-state index >= 15 is 0 Å². The van der Waals surface area contributed by atoms with Crippen molar-refractivity contribution in [2.75, 3.05) is 60.5 Å². The van der Waals surface area contributed by atoms with E-state index in [1.165, 1.54) is 0 Å². The molecule has 0 aliphatic rings. The van der Waals surface area contributed by atoms with Gasteiger partial charge in [0.2, 0.25) is 0 Å². The molecule has 0 spiro atoms. The average molecular weight is 231 g/mol. The molecule has 0 atom stereocenters. The molecule has 1 N–H and O–H groups in total. The van der Waals surface area contributed by atoms with Gasteiger partial charge in [0.25, 0.3) is 0 Å². The first-order chi connectivity index (χ1) is 7.52. The highest BCUT2D eigenvalue weighted by Gasteiger charge is 1.99. The van der Waals surface area contributed by atoms with Gasteiger partial charge in [-0.3, -0.25) is 0 Å². The first-order valence-electron chi connectivity index (χ1n) is 6.18. The van der Waals surface area contributed by atoms with Crippen LogP contribution in [0.2, 0.25) is 0 Å². The molecule has 0 aromatic carbocycles. The number of likely N-dealkylation sites (N-methyl/N-ethyl adjacent to an activating group) is 2. The van der Waals surface area contributed by atoms with E-state index in [9.17, 15) is 0 Å². The smallest absolute Gasteiger partial charge is 0.0596 e. The largest absolute Gasteiger partial charge is 0.377 e. The molecule has 0 aliphatic carbocycles. The van der Waals surface area contributed by atoms with Crippen LogP contribution in [0.5, 0.6) is 0 Å². The molecule has 0 unspecified atom stereocenters. The lowest BCUT2D eigenvalue weighted by molar-refractivity contribution is 0.0640. The molecular formula is C12H29N3O. The topological polar surface area (TPSA) is 27.7 Å². The molecule has 0 amide bonds. The van der Waals surface area contributed by atoms with Gasteiger partial charge in [-0.1, -0.05) is 0 Å². The van der Waals surface area contributed by atoms with Gasteiger partial charge in [-0.15, -0.1) is 0 Å². The van der Waals surface area contributed by atoms with Gasteiger partial charge in [-0.2, -0.15) is 0 Å². The fourth-order valence-electron chi connectivity index (χ4n) is 1.25. The van der Waals surface area contributed by atoms with E-state index < -0.39 is 0 Å². The number of rotatable bonds is 10. The first kappa shape index (κ1) is 15.8. The average Bonchev–Trinajstić information content (AvgIpc) is 2.16. The predicted molar refractivity (Wildman–Crippen MR) is 70.0 cm³/mol. The molecule has 0 aliphatic heterocycles. The lowest BCUT2D eigenvalue weighted by Gasteiger charge is -2.18. The van der Waals surface area contributed by atoms with Crippen LogP contribution in [-0.2, 0) is 4.74 Å². The second-order valence-electron chi connectivity index (χ2n) is 4.78. The van der Waals surface area contributed by atoms with Crippen LogP contribution in [0, 0.1) is 0 Å². The van der Waals surface area contributed by atoms with Crippen molar-refractivity contribution in [1.29, 1.82) is 0 Å². The number of nitrogens with one attached hydrogen (secondary N) is 1. The Balaban J connectivity index is 3.20. The molecule has 4 nitrogen and oxygen atoms in total. The van der Waals surface area contributed by atoms with Crippen molar-refractivity contribution < 1.29 is 4.74 Å². The van der Waals surface area contributed by atoms with Crippen LogP contribution in [-0.4, -0.2) is 76.4 Å². The zero-order valence-electron chi connectivity index (χ0n) is 11.6. The Kier molecular flexibility index (Phi) is 9.92. The van der Waals surface area contributed by atoms with Crippen molar-refractivity contribution in [1.82, 2.24) is 15.1 Å². The van der Waals surface area contributed by atoms with Gasteiger partial charge in [0.15, 0.2) is 0 Å². The van der Waals surface area contributed by atoms with Gasteiger partial charge in [0.1, 0.15) is 0 Å². The van der Waals surface area contributed by atoms with Crippen molar-refractivity contribution in [3.63, 3.8) is 0 Å². The Labute approximate surface area is 101 Å². The summed E-state index contributed by atoms with van der Waals surface area (Å²) in [5.41, 5.74) is 0. The van der Waals surface area contributed by atoms with E-state index in [0.29, 0.717) is 6.10 Å². The maximum Gasteiger partial charge on any atom is 0.0596 e. The standard InChI is InChI=1S/C12H29N3O/c1-12(2)16-11-10-15(5)9-7-13-6-8-14(3)4/h12-13H,6-11H2,1-5H3. The highest BCUT2D eigenvalue weighted by Crippen LogP contribution is 1.88. The highest BCUT2D eigenvalue weighted by atomic mass is 16.5. The molecule has 98 valence electrons. The Morgan fingerprint density at radius 1 is 1.00 bits per heavy atom. The normalized spacial score (nSPS) is 12.0. The van der Waals surface area contributed by atoms with Gasteiger partial charge in [-0.25, -0.2) is 0 Å². The third-order valence-electron chi connectivity index (χ3n) is 2.33. The second-order valence-corrected chi connectivity index (χ2v) is 4.78. The van der Waals surface area contributed by atoms with Crippen LogP contribution in [0.4, 0.5) is 0 Å². The van der Waals surface area contributed by atoms with E-state index in [1.807, 2.05) is 0 Å². The van der Waals surface area contributed by atoms with Crippen LogP contribution >= 0.6 is 0 Å². The fraction of sp³-hybridized carbons (Fsp3) is 1.00. The summed E-state index contributed by atoms with van der Waals surface area (Å²) in [4.78, 5) is 4.48. The van der Waals surface area contributed by atoms with Crippen LogP contribution in [0.3, 0.4) is 0 Å². The Bertz CT molecular complexity index is 151. The fourth-order valence-corrected chi connectivity index (χ4v) is 1.25. The van der Waals surface area contributed by atoms with Gasteiger partial charge in [-0.05, 0) is 35.0 Å². The summed E-state index contributed by atoms with van der Waals surface area (Å²) >= 11 is 0. The van der Waals surface area contributed by atoms with Gasteiger partial charge >= 0.3 is 0 Å². The molecule has 0 rings (SSSR count). The van der Waals surface area contributed by atoms with Crippen LogP contribution in [0.1, 0.15) is 13.8 Å². The maximum absolute atomic E-state index is 5.50. The van der Waals surface area contributed by atoms with Crippen LogP contribution < -0.4 is 5.32 Å². The molecule has 0 heterocycles. The zero-order valence-corrected chi connectivity index (χ0v) is 11.6. The van der Waals surface area contributed by atoms with Crippen molar-refractivity contribution >= 4 is 0 Å². The minimum absolute atomic E-state index is 0.339. The third-order valence-corrected chi connectivity index (χ3v) is 2.33. The minimum Gasteiger partial charge on any atom is -0.377 e. The molecule has 0 saturated carbocycles. The van der Waals surface area contributed by atoms with E-state index in [0.717, 1.165) is 39.3 Å². The van der Waals surface area contributed by atoms with E-state index in [2.05, 4.69) is 50.1 Å².